The van der Waals surface area contributed by atoms with Crippen LogP contribution in [0.5, 0.6) is 0 Å². The van der Waals surface area contributed by atoms with Crippen LogP contribution >= 0.6 is 15.9 Å². The smallest absolute Gasteiger partial charge is 0.273 e. The second-order valence-corrected chi connectivity index (χ2v) is 5.17. The zero-order valence-electron chi connectivity index (χ0n) is 10.4. The first-order valence-corrected chi connectivity index (χ1v) is 7.03. The summed E-state index contributed by atoms with van der Waals surface area (Å²) in [5.74, 6) is -0.0412. The number of amides is 1. The second kappa shape index (κ2) is 6.29. The third-order valence-electron chi connectivity index (χ3n) is 3.08. The maximum Gasteiger partial charge on any atom is 0.273 e. The van der Waals surface area contributed by atoms with Crippen LogP contribution in [0.15, 0.2) is 22.8 Å². The second-order valence-electron chi connectivity index (χ2n) is 4.31. The molecule has 0 radical (unpaired) electrons. The van der Waals surface area contributed by atoms with Crippen LogP contribution in [0, 0.1) is 0 Å². The number of likely N-dealkylation sites (N-methyl/N-ethyl adjacent to an activating group) is 1. The van der Waals surface area contributed by atoms with Gasteiger partial charge in [-0.3, -0.25) is 4.79 Å². The highest BCUT2D eigenvalue weighted by molar-refractivity contribution is 9.10. The fourth-order valence-corrected chi connectivity index (χ4v) is 2.51. The van der Waals surface area contributed by atoms with E-state index < -0.39 is 0 Å². The number of nitrogens with zero attached hydrogens (tertiary/aromatic N) is 2. The van der Waals surface area contributed by atoms with Crippen molar-refractivity contribution in [2.75, 3.05) is 19.7 Å². The van der Waals surface area contributed by atoms with Gasteiger partial charge in [-0.25, -0.2) is 4.98 Å². The van der Waals surface area contributed by atoms with Gasteiger partial charge in [0.1, 0.15) is 5.69 Å². The molecular formula is C13H17BrN2O2. The first-order chi connectivity index (χ1) is 8.72. The third-order valence-corrected chi connectivity index (χ3v) is 3.72. The molecular weight excluding hydrogens is 296 g/mol. The Labute approximate surface area is 115 Å². The number of halogens is 1. The van der Waals surface area contributed by atoms with E-state index in [4.69, 9.17) is 4.74 Å². The van der Waals surface area contributed by atoms with E-state index >= 15 is 0 Å². The molecule has 0 aromatic carbocycles. The minimum atomic E-state index is -0.0412. The van der Waals surface area contributed by atoms with Crippen molar-refractivity contribution < 1.29 is 9.53 Å². The van der Waals surface area contributed by atoms with Gasteiger partial charge in [-0.05, 0) is 47.8 Å². The van der Waals surface area contributed by atoms with Crippen LogP contribution in [0.25, 0.3) is 0 Å². The number of hydrogen-bond donors (Lipinski definition) is 0. The van der Waals surface area contributed by atoms with Gasteiger partial charge >= 0.3 is 0 Å². The number of ether oxygens (including phenoxy) is 1. The molecule has 1 aliphatic rings. The fourth-order valence-electron chi connectivity index (χ4n) is 2.08. The van der Waals surface area contributed by atoms with E-state index in [0.717, 1.165) is 23.9 Å². The number of pyridine rings is 1. The molecule has 1 fully saturated rings. The van der Waals surface area contributed by atoms with Gasteiger partial charge in [0.2, 0.25) is 0 Å². The van der Waals surface area contributed by atoms with Crippen molar-refractivity contribution in [2.45, 2.75) is 25.9 Å². The predicted octanol–water partition coefficient (Wildman–Crippen LogP) is 2.49. The highest BCUT2D eigenvalue weighted by Crippen LogP contribution is 2.18. The van der Waals surface area contributed by atoms with Crippen LogP contribution in [-0.4, -0.2) is 41.6 Å². The molecule has 5 heteroatoms. The Kier molecular flexibility index (Phi) is 4.72. The average molecular weight is 313 g/mol. The molecule has 1 amide bonds. The highest BCUT2D eigenvalue weighted by atomic mass is 79.9. The van der Waals surface area contributed by atoms with Crippen molar-refractivity contribution in [1.29, 1.82) is 0 Å². The molecule has 18 heavy (non-hydrogen) atoms. The highest BCUT2D eigenvalue weighted by Gasteiger charge is 2.24. The summed E-state index contributed by atoms with van der Waals surface area (Å²) in [5, 5.41) is 0. The Hall–Kier alpha value is -0.940. The summed E-state index contributed by atoms with van der Waals surface area (Å²) in [5.41, 5.74) is 0.470. The van der Waals surface area contributed by atoms with Gasteiger partial charge in [-0.15, -0.1) is 0 Å². The van der Waals surface area contributed by atoms with Crippen LogP contribution < -0.4 is 0 Å². The van der Waals surface area contributed by atoms with Crippen LogP contribution in [0.1, 0.15) is 30.3 Å². The van der Waals surface area contributed by atoms with Gasteiger partial charge in [-0.1, -0.05) is 0 Å². The third kappa shape index (κ3) is 3.09. The fraction of sp³-hybridized carbons (Fsp3) is 0.538. The minimum absolute atomic E-state index is 0.0412. The maximum absolute atomic E-state index is 12.4. The number of carbonyl (C=O) groups excluding carboxylic acids is 1. The van der Waals surface area contributed by atoms with E-state index in [1.165, 1.54) is 0 Å². The molecule has 0 spiro atoms. The van der Waals surface area contributed by atoms with Gasteiger partial charge in [0, 0.05) is 30.4 Å². The van der Waals surface area contributed by atoms with Crippen molar-refractivity contribution in [1.82, 2.24) is 9.88 Å². The monoisotopic (exact) mass is 312 g/mol. The number of rotatable bonds is 4. The Morgan fingerprint density at radius 2 is 2.50 bits per heavy atom. The van der Waals surface area contributed by atoms with Gasteiger partial charge in [0.25, 0.3) is 5.91 Å². The molecule has 2 rings (SSSR count). The average Bonchev–Trinajstić information content (AvgIpc) is 2.88. The quantitative estimate of drug-likeness (QED) is 0.858. The molecule has 1 aromatic heterocycles. The lowest BCUT2D eigenvalue weighted by atomic mass is 10.2. The van der Waals surface area contributed by atoms with Crippen molar-refractivity contribution in [3.63, 3.8) is 0 Å². The summed E-state index contributed by atoms with van der Waals surface area (Å²) in [6.07, 6.45) is 3.94. The first-order valence-electron chi connectivity index (χ1n) is 6.23. The lowest BCUT2D eigenvalue weighted by molar-refractivity contribution is 0.0534. The van der Waals surface area contributed by atoms with E-state index in [2.05, 4.69) is 20.9 Å². The van der Waals surface area contributed by atoms with Crippen molar-refractivity contribution in [3.8, 4) is 0 Å². The first kappa shape index (κ1) is 13.5. The number of carbonyl (C=O) groups is 1. The van der Waals surface area contributed by atoms with Gasteiger partial charge < -0.3 is 9.64 Å². The SMILES string of the molecule is CCN(CC1CCCO1)C(=O)c1ncccc1Br. The molecule has 0 N–H and O–H groups in total. The van der Waals surface area contributed by atoms with Gasteiger partial charge in [-0.2, -0.15) is 0 Å². The molecule has 1 aliphatic heterocycles. The molecule has 0 bridgehead atoms. The molecule has 98 valence electrons. The normalized spacial score (nSPS) is 18.9. The maximum atomic E-state index is 12.4. The largest absolute Gasteiger partial charge is 0.376 e. The van der Waals surface area contributed by atoms with Crippen LogP contribution in [0.3, 0.4) is 0 Å². The Balaban J connectivity index is 2.07. The van der Waals surface area contributed by atoms with Gasteiger partial charge in [0.05, 0.1) is 6.10 Å². The van der Waals surface area contributed by atoms with E-state index in [-0.39, 0.29) is 12.0 Å². The molecule has 2 heterocycles. The topological polar surface area (TPSA) is 42.4 Å². The van der Waals surface area contributed by atoms with Crippen molar-refractivity contribution in [2.24, 2.45) is 0 Å². The zero-order chi connectivity index (χ0) is 13.0. The molecule has 1 aromatic rings. The molecule has 4 nitrogen and oxygen atoms in total. The van der Waals surface area contributed by atoms with E-state index in [1.54, 1.807) is 17.2 Å². The number of aromatic nitrogens is 1. The lowest BCUT2D eigenvalue weighted by Gasteiger charge is -2.23. The molecule has 1 unspecified atom stereocenters. The molecule has 0 aliphatic carbocycles. The summed E-state index contributed by atoms with van der Waals surface area (Å²) in [6.45, 7) is 4.10. The molecule has 0 saturated carbocycles. The Morgan fingerprint density at radius 1 is 1.67 bits per heavy atom. The standard InChI is InChI=1S/C13H17BrN2O2/c1-2-16(9-10-5-4-8-18-10)13(17)12-11(14)6-3-7-15-12/h3,6-7,10H,2,4-5,8-9H2,1H3. The number of hydrogen-bond acceptors (Lipinski definition) is 3. The van der Waals surface area contributed by atoms with Gasteiger partial charge in [0.15, 0.2) is 0 Å². The summed E-state index contributed by atoms with van der Waals surface area (Å²) < 4.78 is 6.31. The van der Waals surface area contributed by atoms with Crippen molar-refractivity contribution >= 4 is 21.8 Å². The van der Waals surface area contributed by atoms with Crippen LogP contribution in [-0.2, 0) is 4.74 Å². The lowest BCUT2D eigenvalue weighted by Crippen LogP contribution is -2.37. The van der Waals surface area contributed by atoms with Crippen molar-refractivity contribution in [3.05, 3.63) is 28.5 Å². The van der Waals surface area contributed by atoms with Crippen LogP contribution in [0.4, 0.5) is 0 Å². The van der Waals surface area contributed by atoms with E-state index in [1.807, 2.05) is 13.0 Å². The Morgan fingerprint density at radius 3 is 3.11 bits per heavy atom. The predicted molar refractivity (Wildman–Crippen MR) is 72.5 cm³/mol. The summed E-state index contributed by atoms with van der Waals surface area (Å²) in [4.78, 5) is 18.3. The molecule has 1 atom stereocenters. The zero-order valence-corrected chi connectivity index (χ0v) is 12.0. The van der Waals surface area contributed by atoms with Crippen LogP contribution in [0.2, 0.25) is 0 Å². The van der Waals surface area contributed by atoms with E-state index in [9.17, 15) is 4.79 Å². The van der Waals surface area contributed by atoms with E-state index in [0.29, 0.717) is 18.8 Å². The summed E-state index contributed by atoms with van der Waals surface area (Å²) in [7, 11) is 0. The summed E-state index contributed by atoms with van der Waals surface area (Å²) >= 11 is 3.37. The minimum Gasteiger partial charge on any atom is -0.376 e. The molecule has 1 saturated heterocycles. The Bertz CT molecular complexity index is 419. The summed E-state index contributed by atoms with van der Waals surface area (Å²) in [6, 6.07) is 3.64.